The van der Waals surface area contributed by atoms with Gasteiger partial charge < -0.3 is 10.4 Å². The Morgan fingerprint density at radius 1 is 1.24 bits per heavy atom. The molecule has 114 valence electrons. The second-order valence-corrected chi connectivity index (χ2v) is 4.94. The van der Waals surface area contributed by atoms with Crippen LogP contribution in [0.5, 0.6) is 0 Å². The van der Waals surface area contributed by atoms with Gasteiger partial charge in [0, 0.05) is 17.8 Å². The van der Waals surface area contributed by atoms with Crippen molar-refractivity contribution in [3.05, 3.63) is 35.7 Å². The zero-order valence-electron chi connectivity index (χ0n) is 12.7. The van der Waals surface area contributed by atoms with Gasteiger partial charge in [-0.15, -0.1) is 0 Å². The molecule has 0 fully saturated rings. The zero-order valence-corrected chi connectivity index (χ0v) is 12.7. The molecule has 5 nitrogen and oxygen atoms in total. The number of nitrogens with zero attached hydrogens (tertiary/aromatic N) is 1. The number of rotatable bonds is 7. The van der Waals surface area contributed by atoms with Crippen LogP contribution in [0.2, 0.25) is 0 Å². The summed E-state index contributed by atoms with van der Waals surface area (Å²) in [6, 6.07) is 3.27. The Labute approximate surface area is 125 Å². The minimum Gasteiger partial charge on any atom is -0.478 e. The molecule has 0 radical (unpaired) electrons. The van der Waals surface area contributed by atoms with E-state index in [1.807, 2.05) is 0 Å². The lowest BCUT2D eigenvalue weighted by Gasteiger charge is -2.31. The number of carbonyl (C=O) groups is 2. The maximum Gasteiger partial charge on any atom is 0.328 e. The van der Waals surface area contributed by atoms with Gasteiger partial charge in [-0.05, 0) is 37.0 Å². The molecule has 0 aromatic carbocycles. The highest BCUT2D eigenvalue weighted by Crippen LogP contribution is 2.19. The summed E-state index contributed by atoms with van der Waals surface area (Å²) in [5.41, 5.74) is 0.782. The van der Waals surface area contributed by atoms with E-state index in [-0.39, 0.29) is 11.4 Å². The third-order valence-electron chi connectivity index (χ3n) is 3.85. The molecule has 1 heterocycles. The van der Waals surface area contributed by atoms with Crippen molar-refractivity contribution in [2.45, 2.75) is 45.6 Å². The highest BCUT2D eigenvalue weighted by atomic mass is 16.4. The quantitative estimate of drug-likeness (QED) is 0.757. The van der Waals surface area contributed by atoms with Crippen molar-refractivity contribution in [3.8, 4) is 0 Å². The zero-order chi connectivity index (χ0) is 15.9. The van der Waals surface area contributed by atoms with Crippen LogP contribution in [0, 0.1) is 0 Å². The highest BCUT2D eigenvalue weighted by Gasteiger charge is 2.26. The van der Waals surface area contributed by atoms with E-state index in [0.29, 0.717) is 11.3 Å². The molecule has 0 spiro atoms. The fourth-order valence-electron chi connectivity index (χ4n) is 2.13. The largest absolute Gasteiger partial charge is 0.478 e. The number of hydrogen-bond acceptors (Lipinski definition) is 3. The van der Waals surface area contributed by atoms with Crippen molar-refractivity contribution in [2.75, 3.05) is 0 Å². The minimum atomic E-state index is -1.02. The van der Waals surface area contributed by atoms with Crippen molar-refractivity contribution < 1.29 is 14.7 Å². The van der Waals surface area contributed by atoms with Crippen LogP contribution in [0.4, 0.5) is 0 Å². The molecule has 2 N–H and O–H groups in total. The second kappa shape index (κ2) is 7.57. The molecule has 0 unspecified atom stereocenters. The lowest BCUT2D eigenvalue weighted by molar-refractivity contribution is -0.131. The maximum absolute atomic E-state index is 12.2. The molecule has 0 aliphatic rings. The van der Waals surface area contributed by atoms with Crippen molar-refractivity contribution in [1.29, 1.82) is 0 Å². The lowest BCUT2D eigenvalue weighted by Crippen LogP contribution is -2.47. The molecular weight excluding hydrogens is 268 g/mol. The predicted octanol–water partition coefficient (Wildman–Crippen LogP) is 2.88. The first kappa shape index (κ1) is 16.9. The Kier molecular flexibility index (Phi) is 6.09. The van der Waals surface area contributed by atoms with Crippen molar-refractivity contribution in [3.63, 3.8) is 0 Å². The summed E-state index contributed by atoms with van der Waals surface area (Å²) in [5.74, 6) is -1.22. The van der Waals surface area contributed by atoms with Gasteiger partial charge in [-0.3, -0.25) is 9.78 Å². The molecular formula is C16H22N2O3. The topological polar surface area (TPSA) is 79.3 Å². The van der Waals surface area contributed by atoms with Gasteiger partial charge in [0.2, 0.25) is 0 Å². The van der Waals surface area contributed by atoms with Crippen LogP contribution in [0.15, 0.2) is 24.4 Å². The van der Waals surface area contributed by atoms with Crippen molar-refractivity contribution in [2.24, 2.45) is 0 Å². The molecule has 1 aromatic heterocycles. The fraction of sp³-hybridized carbons (Fsp3) is 0.438. The number of hydrogen-bond donors (Lipinski definition) is 2. The third-order valence-corrected chi connectivity index (χ3v) is 3.85. The van der Waals surface area contributed by atoms with Crippen molar-refractivity contribution >= 4 is 18.0 Å². The van der Waals surface area contributed by atoms with E-state index in [1.54, 1.807) is 12.1 Å². The van der Waals surface area contributed by atoms with E-state index in [0.717, 1.165) is 25.3 Å². The van der Waals surface area contributed by atoms with Crippen LogP contribution in [0.1, 0.15) is 56.1 Å². The Morgan fingerprint density at radius 3 is 2.29 bits per heavy atom. The number of amides is 1. The average molecular weight is 290 g/mol. The summed E-state index contributed by atoms with van der Waals surface area (Å²) < 4.78 is 0. The van der Waals surface area contributed by atoms with E-state index in [2.05, 4.69) is 31.1 Å². The first-order valence-electron chi connectivity index (χ1n) is 7.16. The van der Waals surface area contributed by atoms with Crippen LogP contribution in [0.25, 0.3) is 6.08 Å². The van der Waals surface area contributed by atoms with Gasteiger partial charge in [-0.25, -0.2) is 4.79 Å². The molecule has 0 atom stereocenters. The molecule has 1 amide bonds. The van der Waals surface area contributed by atoms with E-state index in [1.165, 1.54) is 12.3 Å². The Hall–Kier alpha value is -2.17. The van der Waals surface area contributed by atoms with Crippen LogP contribution >= 0.6 is 0 Å². The molecule has 5 heteroatoms. The first-order valence-corrected chi connectivity index (χ1v) is 7.16. The molecule has 1 rings (SSSR count). The number of carboxylic acid groups (broad SMARTS) is 1. The summed E-state index contributed by atoms with van der Waals surface area (Å²) in [6.45, 7) is 6.17. The summed E-state index contributed by atoms with van der Waals surface area (Å²) >= 11 is 0. The van der Waals surface area contributed by atoms with E-state index >= 15 is 0 Å². The first-order chi connectivity index (χ1) is 9.96. The number of pyridine rings is 1. The molecule has 0 saturated heterocycles. The Bertz CT molecular complexity index is 509. The van der Waals surface area contributed by atoms with Gasteiger partial charge in [-0.2, -0.15) is 0 Å². The third kappa shape index (κ3) is 4.70. The number of aromatic nitrogens is 1. The standard InChI is InChI=1S/C16H22N2O3/c1-4-16(5-2,6-3)18-15(21)13-9-7-12(11-17-13)8-10-14(19)20/h7-11H,4-6H2,1-3H3,(H,18,21)(H,19,20). The van der Waals surface area contributed by atoms with Gasteiger partial charge in [-0.1, -0.05) is 26.8 Å². The predicted molar refractivity (Wildman–Crippen MR) is 82.0 cm³/mol. The maximum atomic E-state index is 12.2. The van der Waals surface area contributed by atoms with Crippen LogP contribution in [-0.2, 0) is 4.79 Å². The molecule has 0 aliphatic carbocycles. The van der Waals surface area contributed by atoms with Gasteiger partial charge in [0.25, 0.3) is 5.91 Å². The van der Waals surface area contributed by atoms with Gasteiger partial charge >= 0.3 is 5.97 Å². The number of carbonyl (C=O) groups excluding carboxylic acids is 1. The van der Waals surface area contributed by atoms with E-state index < -0.39 is 5.97 Å². The summed E-state index contributed by atoms with van der Waals surface area (Å²) in [5, 5.41) is 11.6. The SMILES string of the molecule is CCC(CC)(CC)NC(=O)c1ccc(C=CC(=O)O)cn1. The van der Waals surface area contributed by atoms with Gasteiger partial charge in [0.1, 0.15) is 5.69 Å². The lowest BCUT2D eigenvalue weighted by atomic mass is 9.89. The molecule has 1 aromatic rings. The fourth-order valence-corrected chi connectivity index (χ4v) is 2.13. The monoisotopic (exact) mass is 290 g/mol. The Morgan fingerprint density at radius 2 is 1.86 bits per heavy atom. The highest BCUT2D eigenvalue weighted by molar-refractivity contribution is 5.93. The van der Waals surface area contributed by atoms with E-state index in [4.69, 9.17) is 5.11 Å². The minimum absolute atomic E-state index is 0.194. The van der Waals surface area contributed by atoms with Crippen LogP contribution < -0.4 is 5.32 Å². The molecule has 0 aliphatic heterocycles. The Balaban J connectivity index is 2.82. The number of nitrogens with one attached hydrogen (secondary N) is 1. The number of carboxylic acids is 1. The van der Waals surface area contributed by atoms with Gasteiger partial charge in [0.15, 0.2) is 0 Å². The average Bonchev–Trinajstić information content (AvgIpc) is 2.51. The van der Waals surface area contributed by atoms with Crippen molar-refractivity contribution in [1.82, 2.24) is 10.3 Å². The summed E-state index contributed by atoms with van der Waals surface area (Å²) in [4.78, 5) is 26.7. The second-order valence-electron chi connectivity index (χ2n) is 4.94. The van der Waals surface area contributed by atoms with Crippen LogP contribution in [0.3, 0.4) is 0 Å². The molecule has 21 heavy (non-hydrogen) atoms. The van der Waals surface area contributed by atoms with Gasteiger partial charge in [0.05, 0.1) is 0 Å². The summed E-state index contributed by atoms with van der Waals surface area (Å²) in [7, 11) is 0. The summed E-state index contributed by atoms with van der Waals surface area (Å²) in [6.07, 6.45) is 6.56. The molecule has 0 saturated carbocycles. The number of aliphatic carboxylic acids is 1. The smallest absolute Gasteiger partial charge is 0.328 e. The molecule has 0 bridgehead atoms. The van der Waals surface area contributed by atoms with E-state index in [9.17, 15) is 9.59 Å². The van der Waals surface area contributed by atoms with Crippen LogP contribution in [-0.4, -0.2) is 27.5 Å². The normalized spacial score (nSPS) is 11.6.